The second-order valence-corrected chi connectivity index (χ2v) is 4.13. The summed E-state index contributed by atoms with van der Waals surface area (Å²) in [6, 6.07) is 5.90. The monoisotopic (exact) mass is 255 g/mol. The summed E-state index contributed by atoms with van der Waals surface area (Å²) in [6.45, 7) is 3.06. The van der Waals surface area contributed by atoms with Crippen LogP contribution in [0.2, 0.25) is 0 Å². The van der Waals surface area contributed by atoms with Crippen molar-refractivity contribution >= 4 is 0 Å². The topological polar surface area (TPSA) is 53.1 Å². The lowest BCUT2D eigenvalue weighted by molar-refractivity contribution is 0.408. The Bertz CT molecular complexity index is 620. The van der Waals surface area contributed by atoms with Crippen LogP contribution in [0.25, 0.3) is 0 Å². The van der Waals surface area contributed by atoms with E-state index in [4.69, 9.17) is 10.5 Å². The summed E-state index contributed by atoms with van der Waals surface area (Å²) in [6.07, 6.45) is 3.74. The molecule has 0 spiro atoms. The van der Waals surface area contributed by atoms with Gasteiger partial charge in [-0.1, -0.05) is 11.8 Å². The molecule has 2 aromatic rings. The number of ether oxygens (including phenoxy) is 1. The van der Waals surface area contributed by atoms with Crippen molar-refractivity contribution in [2.75, 3.05) is 13.7 Å². The van der Waals surface area contributed by atoms with Gasteiger partial charge in [-0.25, -0.2) is 4.98 Å². The van der Waals surface area contributed by atoms with E-state index >= 15 is 0 Å². The molecule has 1 heterocycles. The minimum Gasteiger partial charge on any atom is -0.496 e. The fourth-order valence-electron chi connectivity index (χ4n) is 1.89. The maximum absolute atomic E-state index is 5.39. The van der Waals surface area contributed by atoms with E-state index in [-0.39, 0.29) is 0 Å². The summed E-state index contributed by atoms with van der Waals surface area (Å²) in [7, 11) is 1.67. The summed E-state index contributed by atoms with van der Waals surface area (Å²) in [5, 5.41) is 0. The van der Waals surface area contributed by atoms with E-state index in [9.17, 15) is 0 Å². The molecular weight excluding hydrogens is 238 g/mol. The highest BCUT2D eigenvalue weighted by molar-refractivity contribution is 5.44. The molecule has 1 aromatic heterocycles. The molecular formula is C15H17N3O. The highest BCUT2D eigenvalue weighted by atomic mass is 16.5. The quantitative estimate of drug-likeness (QED) is 0.847. The molecule has 98 valence electrons. The Kier molecular flexibility index (Phi) is 4.22. The molecule has 0 aliphatic rings. The molecule has 1 aromatic carbocycles. The number of rotatable bonds is 3. The van der Waals surface area contributed by atoms with Crippen LogP contribution in [0.15, 0.2) is 30.6 Å². The lowest BCUT2D eigenvalue weighted by Gasteiger charge is -2.10. The molecule has 0 amide bonds. The molecule has 0 bridgehead atoms. The van der Waals surface area contributed by atoms with Crippen molar-refractivity contribution in [3.05, 3.63) is 47.5 Å². The van der Waals surface area contributed by atoms with Gasteiger partial charge in [-0.3, -0.25) is 0 Å². The SMILES string of the molecule is COc1ccc(C#CCN)cc1Cn1ccnc1C. The molecule has 2 N–H and O–H groups in total. The first-order chi connectivity index (χ1) is 9.24. The second kappa shape index (κ2) is 6.07. The molecule has 2 rings (SSSR count). The first kappa shape index (κ1) is 13.2. The van der Waals surface area contributed by atoms with Gasteiger partial charge in [0, 0.05) is 23.5 Å². The fourth-order valence-corrected chi connectivity index (χ4v) is 1.89. The number of aromatic nitrogens is 2. The van der Waals surface area contributed by atoms with E-state index in [0.717, 1.165) is 22.7 Å². The molecule has 0 unspecified atom stereocenters. The molecule has 19 heavy (non-hydrogen) atoms. The van der Waals surface area contributed by atoms with Crippen LogP contribution in [-0.2, 0) is 6.54 Å². The Labute approximate surface area is 113 Å². The predicted octanol–water partition coefficient (Wildman–Crippen LogP) is 1.56. The van der Waals surface area contributed by atoms with Gasteiger partial charge in [0.1, 0.15) is 11.6 Å². The van der Waals surface area contributed by atoms with E-state index in [1.54, 1.807) is 13.3 Å². The van der Waals surface area contributed by atoms with Gasteiger partial charge in [-0.2, -0.15) is 0 Å². The van der Waals surface area contributed by atoms with Gasteiger partial charge in [0.2, 0.25) is 0 Å². The molecule has 4 heteroatoms. The molecule has 0 fully saturated rings. The van der Waals surface area contributed by atoms with E-state index in [2.05, 4.69) is 21.4 Å². The maximum Gasteiger partial charge on any atom is 0.123 e. The Morgan fingerprint density at radius 3 is 2.89 bits per heavy atom. The standard InChI is InChI=1S/C15H17N3O/c1-12-17-8-9-18(12)11-14-10-13(4-3-7-16)5-6-15(14)19-2/h5-6,8-10H,7,11,16H2,1-2H3. The zero-order chi connectivity index (χ0) is 13.7. The van der Waals surface area contributed by atoms with Gasteiger partial charge in [0.25, 0.3) is 0 Å². The van der Waals surface area contributed by atoms with Crippen LogP contribution >= 0.6 is 0 Å². The van der Waals surface area contributed by atoms with Crippen molar-refractivity contribution in [3.63, 3.8) is 0 Å². The number of nitrogens with two attached hydrogens (primary N) is 1. The normalized spacial score (nSPS) is 9.84. The number of imidazole rings is 1. The van der Waals surface area contributed by atoms with Crippen LogP contribution < -0.4 is 10.5 Å². The Hall–Kier alpha value is -2.25. The molecule has 0 atom stereocenters. The third-order valence-corrected chi connectivity index (χ3v) is 2.88. The van der Waals surface area contributed by atoms with E-state index in [1.165, 1.54) is 0 Å². The Morgan fingerprint density at radius 1 is 1.42 bits per heavy atom. The maximum atomic E-state index is 5.39. The number of methoxy groups -OCH3 is 1. The van der Waals surface area contributed by atoms with Crippen molar-refractivity contribution in [1.82, 2.24) is 9.55 Å². The van der Waals surface area contributed by atoms with Crippen molar-refractivity contribution in [3.8, 4) is 17.6 Å². The first-order valence-electron chi connectivity index (χ1n) is 6.08. The summed E-state index contributed by atoms with van der Waals surface area (Å²) in [4.78, 5) is 4.22. The smallest absolute Gasteiger partial charge is 0.123 e. The van der Waals surface area contributed by atoms with Gasteiger partial charge in [0.15, 0.2) is 0 Å². The third-order valence-electron chi connectivity index (χ3n) is 2.88. The van der Waals surface area contributed by atoms with Gasteiger partial charge in [-0.15, -0.1) is 0 Å². The lowest BCUT2D eigenvalue weighted by atomic mass is 10.1. The van der Waals surface area contributed by atoms with Crippen molar-refractivity contribution in [2.45, 2.75) is 13.5 Å². The van der Waals surface area contributed by atoms with E-state index < -0.39 is 0 Å². The average Bonchev–Trinajstić information content (AvgIpc) is 2.82. The summed E-state index contributed by atoms with van der Waals surface area (Å²) >= 11 is 0. The predicted molar refractivity (Wildman–Crippen MR) is 75.0 cm³/mol. The van der Waals surface area contributed by atoms with Crippen molar-refractivity contribution in [2.24, 2.45) is 5.73 Å². The lowest BCUT2D eigenvalue weighted by Crippen LogP contribution is -2.03. The zero-order valence-corrected chi connectivity index (χ0v) is 11.2. The molecule has 4 nitrogen and oxygen atoms in total. The number of hydrogen-bond acceptors (Lipinski definition) is 3. The molecule has 0 aliphatic heterocycles. The second-order valence-electron chi connectivity index (χ2n) is 4.13. The number of benzene rings is 1. The number of nitrogens with zero attached hydrogens (tertiary/aromatic N) is 2. The van der Waals surface area contributed by atoms with E-state index in [0.29, 0.717) is 13.1 Å². The van der Waals surface area contributed by atoms with Gasteiger partial charge < -0.3 is 15.0 Å². The number of aryl methyl sites for hydroxylation is 1. The average molecular weight is 255 g/mol. The molecule has 0 radical (unpaired) electrons. The Balaban J connectivity index is 2.33. The Morgan fingerprint density at radius 2 is 2.26 bits per heavy atom. The van der Waals surface area contributed by atoms with E-state index in [1.807, 2.05) is 31.3 Å². The highest BCUT2D eigenvalue weighted by Gasteiger charge is 2.06. The fraction of sp³-hybridized carbons (Fsp3) is 0.267. The van der Waals surface area contributed by atoms with Crippen LogP contribution in [0, 0.1) is 18.8 Å². The van der Waals surface area contributed by atoms with Crippen LogP contribution in [0.5, 0.6) is 5.75 Å². The summed E-state index contributed by atoms with van der Waals surface area (Å²) in [5.74, 6) is 7.72. The van der Waals surface area contributed by atoms with Crippen LogP contribution in [0.4, 0.5) is 0 Å². The molecule has 0 saturated carbocycles. The van der Waals surface area contributed by atoms with Crippen molar-refractivity contribution < 1.29 is 4.74 Å². The molecule has 0 saturated heterocycles. The van der Waals surface area contributed by atoms with Gasteiger partial charge >= 0.3 is 0 Å². The van der Waals surface area contributed by atoms with Gasteiger partial charge in [0.05, 0.1) is 20.2 Å². The van der Waals surface area contributed by atoms with Crippen LogP contribution in [0.1, 0.15) is 17.0 Å². The summed E-state index contributed by atoms with van der Waals surface area (Å²) in [5.41, 5.74) is 7.41. The highest BCUT2D eigenvalue weighted by Crippen LogP contribution is 2.21. The minimum atomic E-state index is 0.363. The molecule has 0 aliphatic carbocycles. The zero-order valence-electron chi connectivity index (χ0n) is 11.2. The first-order valence-corrected chi connectivity index (χ1v) is 6.08. The minimum absolute atomic E-state index is 0.363. The van der Waals surface area contributed by atoms with Crippen LogP contribution in [-0.4, -0.2) is 23.2 Å². The summed E-state index contributed by atoms with van der Waals surface area (Å²) < 4.78 is 7.45. The van der Waals surface area contributed by atoms with Crippen LogP contribution in [0.3, 0.4) is 0 Å². The van der Waals surface area contributed by atoms with Gasteiger partial charge in [-0.05, 0) is 25.1 Å². The third kappa shape index (κ3) is 3.15. The largest absolute Gasteiger partial charge is 0.496 e. The number of hydrogen-bond donors (Lipinski definition) is 1. The van der Waals surface area contributed by atoms with Crippen molar-refractivity contribution in [1.29, 1.82) is 0 Å².